The second kappa shape index (κ2) is 9.19. The summed E-state index contributed by atoms with van der Waals surface area (Å²) in [6.07, 6.45) is 2.97. The number of ether oxygens (including phenoxy) is 2. The summed E-state index contributed by atoms with van der Waals surface area (Å²) in [5.74, 6) is 0.697. The van der Waals surface area contributed by atoms with Gasteiger partial charge in [-0.15, -0.1) is 0 Å². The molecule has 1 unspecified atom stereocenters. The van der Waals surface area contributed by atoms with E-state index in [1.165, 1.54) is 0 Å². The van der Waals surface area contributed by atoms with Crippen molar-refractivity contribution in [3.63, 3.8) is 0 Å². The van der Waals surface area contributed by atoms with E-state index in [1.807, 2.05) is 29.2 Å². The van der Waals surface area contributed by atoms with Crippen LogP contribution in [0, 0.1) is 11.8 Å². The number of hydrogen-bond donors (Lipinski definition) is 2. The minimum atomic E-state index is -0.465. The van der Waals surface area contributed by atoms with Crippen LogP contribution in [0.25, 0.3) is 0 Å². The fourth-order valence-electron chi connectivity index (χ4n) is 3.83. The molecule has 2 aliphatic rings. The van der Waals surface area contributed by atoms with Gasteiger partial charge in [-0.2, -0.15) is 0 Å². The van der Waals surface area contributed by atoms with Gasteiger partial charge in [0.1, 0.15) is 5.75 Å². The van der Waals surface area contributed by atoms with Crippen LogP contribution < -0.4 is 15.8 Å². The first-order chi connectivity index (χ1) is 13.1. The Kier molecular flexibility index (Phi) is 6.68. The van der Waals surface area contributed by atoms with E-state index in [2.05, 4.69) is 5.32 Å². The number of hydrogen-bond acceptors (Lipinski definition) is 5. The zero-order valence-electron chi connectivity index (χ0n) is 15.9. The van der Waals surface area contributed by atoms with Crippen LogP contribution in [-0.2, 0) is 14.3 Å². The first-order valence-electron chi connectivity index (χ1n) is 9.66. The average Bonchev–Trinajstić information content (AvgIpc) is 2.73. The number of rotatable bonds is 5. The minimum absolute atomic E-state index is 0.00508. The van der Waals surface area contributed by atoms with Crippen molar-refractivity contribution in [1.29, 1.82) is 0 Å². The second-order valence-electron chi connectivity index (χ2n) is 7.26. The molecular formula is C20H29N3O4. The highest BCUT2D eigenvalue weighted by molar-refractivity contribution is 5.94. The molecule has 7 nitrogen and oxygen atoms in total. The Balaban J connectivity index is 1.50. The van der Waals surface area contributed by atoms with Gasteiger partial charge in [-0.1, -0.05) is 12.1 Å². The molecule has 2 heterocycles. The summed E-state index contributed by atoms with van der Waals surface area (Å²) in [5.41, 5.74) is 6.88. The second-order valence-corrected chi connectivity index (χ2v) is 7.26. The van der Waals surface area contributed by atoms with Crippen LogP contribution >= 0.6 is 0 Å². The number of benzene rings is 1. The number of anilines is 1. The monoisotopic (exact) mass is 375 g/mol. The van der Waals surface area contributed by atoms with Gasteiger partial charge in [0.15, 0.2) is 0 Å². The third kappa shape index (κ3) is 4.78. The van der Waals surface area contributed by atoms with Gasteiger partial charge >= 0.3 is 0 Å². The van der Waals surface area contributed by atoms with E-state index in [4.69, 9.17) is 15.2 Å². The molecular weight excluding hydrogens is 346 g/mol. The summed E-state index contributed by atoms with van der Waals surface area (Å²) in [6.45, 7) is 2.49. The molecule has 3 rings (SSSR count). The molecule has 2 amide bonds. The van der Waals surface area contributed by atoms with Crippen LogP contribution in [0.2, 0.25) is 0 Å². The molecule has 3 N–H and O–H groups in total. The highest BCUT2D eigenvalue weighted by Crippen LogP contribution is 2.26. The zero-order valence-corrected chi connectivity index (χ0v) is 15.9. The van der Waals surface area contributed by atoms with Gasteiger partial charge in [-0.25, -0.2) is 0 Å². The number of carbonyl (C=O) groups is 2. The van der Waals surface area contributed by atoms with Crippen molar-refractivity contribution in [2.45, 2.75) is 31.7 Å². The maximum Gasteiger partial charge on any atom is 0.239 e. The van der Waals surface area contributed by atoms with Gasteiger partial charge in [-0.05, 0) is 43.7 Å². The van der Waals surface area contributed by atoms with E-state index in [0.29, 0.717) is 50.6 Å². The standard InChI is InChI=1S/C20H29N3O4/c1-26-17-5-3-2-4-16(17)22-19(24)15-6-10-23(11-7-15)20(25)18(21)14-8-12-27-13-9-14/h2-5,14-15,18H,6-13,21H2,1H3,(H,22,24). The summed E-state index contributed by atoms with van der Waals surface area (Å²) in [5, 5.41) is 2.94. The largest absolute Gasteiger partial charge is 0.495 e. The third-order valence-electron chi connectivity index (χ3n) is 5.60. The van der Waals surface area contributed by atoms with Gasteiger partial charge < -0.3 is 25.4 Å². The zero-order chi connectivity index (χ0) is 19.2. The number of nitrogens with two attached hydrogens (primary N) is 1. The predicted octanol–water partition coefficient (Wildman–Crippen LogP) is 1.63. The van der Waals surface area contributed by atoms with Crippen molar-refractivity contribution in [3.05, 3.63) is 24.3 Å². The lowest BCUT2D eigenvalue weighted by Gasteiger charge is -2.35. The molecule has 0 spiro atoms. The highest BCUT2D eigenvalue weighted by Gasteiger charge is 2.33. The van der Waals surface area contributed by atoms with E-state index >= 15 is 0 Å². The minimum Gasteiger partial charge on any atom is -0.495 e. The smallest absolute Gasteiger partial charge is 0.239 e. The number of nitrogens with one attached hydrogen (secondary N) is 1. The van der Waals surface area contributed by atoms with Crippen molar-refractivity contribution in [1.82, 2.24) is 4.90 Å². The van der Waals surface area contributed by atoms with Crippen LogP contribution in [0.1, 0.15) is 25.7 Å². The average molecular weight is 375 g/mol. The Morgan fingerprint density at radius 3 is 2.52 bits per heavy atom. The lowest BCUT2D eigenvalue weighted by atomic mass is 9.90. The number of likely N-dealkylation sites (tertiary alicyclic amines) is 1. The van der Waals surface area contributed by atoms with E-state index in [0.717, 1.165) is 12.8 Å². The Bertz CT molecular complexity index is 652. The third-order valence-corrected chi connectivity index (χ3v) is 5.60. The van der Waals surface area contributed by atoms with Crippen LogP contribution in [0.15, 0.2) is 24.3 Å². The van der Waals surface area contributed by atoms with E-state index in [1.54, 1.807) is 7.11 Å². The maximum atomic E-state index is 12.7. The van der Waals surface area contributed by atoms with Crippen LogP contribution in [0.3, 0.4) is 0 Å². The predicted molar refractivity (Wildman–Crippen MR) is 102 cm³/mol. The molecule has 2 aliphatic heterocycles. The SMILES string of the molecule is COc1ccccc1NC(=O)C1CCN(C(=O)C(N)C2CCOCC2)CC1. The summed E-state index contributed by atoms with van der Waals surface area (Å²) >= 11 is 0. The molecule has 0 bridgehead atoms. The number of methoxy groups -OCH3 is 1. The topological polar surface area (TPSA) is 93.9 Å². The summed E-state index contributed by atoms with van der Waals surface area (Å²) in [6, 6.07) is 6.89. The number of nitrogens with zero attached hydrogens (tertiary/aromatic N) is 1. The summed E-state index contributed by atoms with van der Waals surface area (Å²) in [4.78, 5) is 27.1. The van der Waals surface area contributed by atoms with Crippen molar-refractivity contribution in [3.8, 4) is 5.75 Å². The highest BCUT2D eigenvalue weighted by atomic mass is 16.5. The molecule has 0 radical (unpaired) electrons. The van der Waals surface area contributed by atoms with Crippen molar-refractivity contribution in [2.24, 2.45) is 17.6 Å². The van der Waals surface area contributed by atoms with E-state index in [-0.39, 0.29) is 23.7 Å². The molecule has 7 heteroatoms. The number of amides is 2. The molecule has 1 aromatic rings. The molecule has 0 saturated carbocycles. The van der Waals surface area contributed by atoms with Crippen molar-refractivity contribution < 1.29 is 19.1 Å². The van der Waals surface area contributed by atoms with Crippen molar-refractivity contribution >= 4 is 17.5 Å². The van der Waals surface area contributed by atoms with Crippen molar-refractivity contribution in [2.75, 3.05) is 38.7 Å². The summed E-state index contributed by atoms with van der Waals surface area (Å²) in [7, 11) is 1.58. The molecule has 1 aromatic carbocycles. The molecule has 0 aliphatic carbocycles. The maximum absolute atomic E-state index is 12.7. The lowest BCUT2D eigenvalue weighted by molar-refractivity contribution is -0.137. The quantitative estimate of drug-likeness (QED) is 0.816. The van der Waals surface area contributed by atoms with Gasteiger partial charge in [0, 0.05) is 32.2 Å². The molecule has 1 atom stereocenters. The number of carbonyl (C=O) groups excluding carboxylic acids is 2. The Labute approximate surface area is 160 Å². The molecule has 27 heavy (non-hydrogen) atoms. The van der Waals surface area contributed by atoms with Gasteiger partial charge in [0.05, 0.1) is 18.8 Å². The fraction of sp³-hybridized carbons (Fsp3) is 0.600. The molecule has 0 aromatic heterocycles. The molecule has 2 saturated heterocycles. The fourth-order valence-corrected chi connectivity index (χ4v) is 3.83. The first-order valence-corrected chi connectivity index (χ1v) is 9.66. The number of para-hydroxylation sites is 2. The normalized spacial score (nSPS) is 20.1. The first kappa shape index (κ1) is 19.6. The van der Waals surface area contributed by atoms with Gasteiger partial charge in [0.25, 0.3) is 0 Å². The molecule has 2 fully saturated rings. The van der Waals surface area contributed by atoms with Crippen LogP contribution in [0.4, 0.5) is 5.69 Å². The number of piperidine rings is 1. The van der Waals surface area contributed by atoms with Crippen LogP contribution in [-0.4, -0.2) is 56.2 Å². The van der Waals surface area contributed by atoms with E-state index < -0.39 is 6.04 Å². The van der Waals surface area contributed by atoms with E-state index in [9.17, 15) is 9.59 Å². The van der Waals surface area contributed by atoms with Crippen LogP contribution in [0.5, 0.6) is 5.75 Å². The van der Waals surface area contributed by atoms with Gasteiger partial charge in [-0.3, -0.25) is 9.59 Å². The molecule has 148 valence electrons. The Morgan fingerprint density at radius 2 is 1.85 bits per heavy atom. The van der Waals surface area contributed by atoms with Gasteiger partial charge in [0.2, 0.25) is 11.8 Å². The summed E-state index contributed by atoms with van der Waals surface area (Å²) < 4.78 is 10.6. The Morgan fingerprint density at radius 1 is 1.19 bits per heavy atom. The lowest BCUT2D eigenvalue weighted by Crippen LogP contribution is -2.51. The Hall–Kier alpha value is -2.12.